The molecule has 1 aliphatic rings. The number of carboxylic acid groups (broad SMARTS) is 2. The lowest BCUT2D eigenvalue weighted by Crippen LogP contribution is -2.37. The zero-order chi connectivity index (χ0) is 23.2. The number of carbonyl (C=O) groups excluding carboxylic acids is 1. The molecule has 0 unspecified atom stereocenters. The Morgan fingerprint density at radius 1 is 0.844 bits per heavy atom. The number of allylic oxidation sites excluding steroid dienone is 1. The molecule has 0 spiro atoms. The molecule has 2 aromatic carbocycles. The smallest absolute Gasteiger partial charge is 0.414 e. The molecule has 2 aromatic rings. The number of carbonyl (C=O) groups is 3. The number of carboxylic acids is 2. The van der Waals surface area contributed by atoms with Crippen molar-refractivity contribution >= 4 is 17.8 Å². The Balaban J connectivity index is 0.000000534. The van der Waals surface area contributed by atoms with Gasteiger partial charge in [0.05, 0.1) is 12.6 Å². The summed E-state index contributed by atoms with van der Waals surface area (Å²) in [7, 11) is 0. The highest BCUT2D eigenvalue weighted by molar-refractivity contribution is 6.27. The molecular weight excluding hydrogens is 408 g/mol. The topological polar surface area (TPSA) is 116 Å². The van der Waals surface area contributed by atoms with E-state index in [0.717, 1.165) is 24.1 Å². The van der Waals surface area contributed by atoms with Gasteiger partial charge in [-0.15, -0.1) is 0 Å². The molecule has 4 N–H and O–H groups in total. The van der Waals surface area contributed by atoms with Crippen LogP contribution in [0.4, 0.5) is 0 Å². The Hall–Kier alpha value is -3.45. The van der Waals surface area contributed by atoms with Crippen molar-refractivity contribution in [1.82, 2.24) is 10.6 Å². The Kier molecular flexibility index (Phi) is 10.7. The third-order valence-corrected chi connectivity index (χ3v) is 5.05. The van der Waals surface area contributed by atoms with Gasteiger partial charge in [-0.25, -0.2) is 9.59 Å². The van der Waals surface area contributed by atoms with Gasteiger partial charge in [-0.1, -0.05) is 72.3 Å². The zero-order valence-corrected chi connectivity index (χ0v) is 18.0. The van der Waals surface area contributed by atoms with E-state index in [1.54, 1.807) is 0 Å². The number of nitrogens with one attached hydrogen (secondary N) is 2. The second kappa shape index (κ2) is 13.8. The summed E-state index contributed by atoms with van der Waals surface area (Å²) in [6.45, 7) is 1.21. The summed E-state index contributed by atoms with van der Waals surface area (Å²) in [5.41, 5.74) is 3.73. The van der Waals surface area contributed by atoms with Crippen LogP contribution in [-0.2, 0) is 14.4 Å². The van der Waals surface area contributed by atoms with Gasteiger partial charge >= 0.3 is 11.9 Å². The van der Waals surface area contributed by atoms with Gasteiger partial charge in [0.1, 0.15) is 0 Å². The first-order valence-corrected chi connectivity index (χ1v) is 10.7. The van der Waals surface area contributed by atoms with Crippen molar-refractivity contribution in [3.05, 3.63) is 83.4 Å². The maximum atomic E-state index is 12.5. The lowest BCUT2D eigenvalue weighted by Gasteiger charge is -2.20. The molecular formula is C25H30N2O5. The molecule has 0 heterocycles. The molecule has 7 heteroatoms. The number of benzene rings is 2. The highest BCUT2D eigenvalue weighted by Gasteiger charge is 2.16. The first-order valence-electron chi connectivity index (χ1n) is 10.7. The summed E-state index contributed by atoms with van der Waals surface area (Å²) in [5.74, 6) is -3.62. The summed E-state index contributed by atoms with van der Waals surface area (Å²) < 4.78 is 0. The number of rotatable bonds is 8. The summed E-state index contributed by atoms with van der Waals surface area (Å²) in [6, 6.07) is 20.1. The van der Waals surface area contributed by atoms with Crippen LogP contribution < -0.4 is 10.6 Å². The van der Waals surface area contributed by atoms with Crippen LogP contribution in [0.2, 0.25) is 0 Å². The van der Waals surface area contributed by atoms with Crippen molar-refractivity contribution in [2.45, 2.75) is 38.1 Å². The van der Waals surface area contributed by atoms with Gasteiger partial charge in [0, 0.05) is 0 Å². The number of hydrogen-bond acceptors (Lipinski definition) is 4. The van der Waals surface area contributed by atoms with Crippen LogP contribution in [0.5, 0.6) is 0 Å². The fourth-order valence-corrected chi connectivity index (χ4v) is 3.44. The molecule has 3 rings (SSSR count). The quantitative estimate of drug-likeness (QED) is 0.285. The van der Waals surface area contributed by atoms with E-state index in [1.165, 1.54) is 31.3 Å². The molecule has 0 saturated carbocycles. The highest BCUT2D eigenvalue weighted by Crippen LogP contribution is 2.21. The Morgan fingerprint density at radius 3 is 1.88 bits per heavy atom. The van der Waals surface area contributed by atoms with Gasteiger partial charge in [0.2, 0.25) is 5.91 Å². The standard InChI is InChI=1S/C23H28N2O.C2H2O4/c26-22(18-24-17-16-19-10-4-1-5-11-19)25-23(20-12-6-2-7-13-20)21-14-8-3-9-15-21;3-1(4)2(5)6/h2-3,6-10,12-15,23-24H,1,4-5,11,16-18H2,(H,25,26);(H,3,4)(H,5,6). The van der Waals surface area contributed by atoms with E-state index in [0.29, 0.717) is 6.54 Å². The number of amides is 1. The maximum Gasteiger partial charge on any atom is 0.414 e. The molecule has 1 amide bonds. The average Bonchev–Trinajstić information content (AvgIpc) is 2.82. The Bertz CT molecular complexity index is 846. The third kappa shape index (κ3) is 9.14. The predicted octanol–water partition coefficient (Wildman–Crippen LogP) is 3.53. The highest BCUT2D eigenvalue weighted by atomic mass is 16.4. The van der Waals surface area contributed by atoms with Gasteiger partial charge in [-0.05, 0) is 49.8 Å². The summed E-state index contributed by atoms with van der Waals surface area (Å²) in [6.07, 6.45) is 8.48. The zero-order valence-electron chi connectivity index (χ0n) is 18.0. The number of hydrogen-bond donors (Lipinski definition) is 4. The minimum atomic E-state index is -1.82. The fourth-order valence-electron chi connectivity index (χ4n) is 3.44. The SMILES string of the molecule is O=C(CNCCC1=CCCCC1)NC(c1ccccc1)c1ccccc1.O=C(O)C(=O)O. The lowest BCUT2D eigenvalue weighted by atomic mass is 9.97. The van der Waals surface area contributed by atoms with Crippen LogP contribution in [-0.4, -0.2) is 41.1 Å². The van der Waals surface area contributed by atoms with Crippen LogP contribution in [0.25, 0.3) is 0 Å². The fraction of sp³-hybridized carbons (Fsp3) is 0.320. The van der Waals surface area contributed by atoms with Crippen molar-refractivity contribution in [3.63, 3.8) is 0 Å². The minimum Gasteiger partial charge on any atom is -0.473 e. The maximum absolute atomic E-state index is 12.5. The summed E-state index contributed by atoms with van der Waals surface area (Å²) in [4.78, 5) is 30.7. The van der Waals surface area contributed by atoms with Crippen molar-refractivity contribution in [2.24, 2.45) is 0 Å². The van der Waals surface area contributed by atoms with E-state index in [1.807, 2.05) is 36.4 Å². The van der Waals surface area contributed by atoms with Gasteiger partial charge in [-0.3, -0.25) is 4.79 Å². The van der Waals surface area contributed by atoms with Crippen LogP contribution in [0.3, 0.4) is 0 Å². The third-order valence-electron chi connectivity index (χ3n) is 5.05. The largest absolute Gasteiger partial charge is 0.473 e. The van der Waals surface area contributed by atoms with Crippen molar-refractivity contribution < 1.29 is 24.6 Å². The van der Waals surface area contributed by atoms with Crippen LogP contribution in [0.15, 0.2) is 72.3 Å². The monoisotopic (exact) mass is 438 g/mol. The van der Waals surface area contributed by atoms with E-state index in [-0.39, 0.29) is 11.9 Å². The Labute approximate surface area is 188 Å². The van der Waals surface area contributed by atoms with Gasteiger partial charge in [0.25, 0.3) is 0 Å². The van der Waals surface area contributed by atoms with E-state index in [4.69, 9.17) is 19.8 Å². The first-order chi connectivity index (χ1) is 15.5. The van der Waals surface area contributed by atoms with Crippen LogP contribution in [0, 0.1) is 0 Å². The molecule has 170 valence electrons. The molecule has 32 heavy (non-hydrogen) atoms. The summed E-state index contributed by atoms with van der Waals surface area (Å²) in [5, 5.41) is 21.2. The molecule has 0 atom stereocenters. The van der Waals surface area contributed by atoms with Gasteiger partial charge in [0.15, 0.2) is 0 Å². The molecule has 0 bridgehead atoms. The molecule has 0 saturated heterocycles. The molecule has 0 fully saturated rings. The van der Waals surface area contributed by atoms with Crippen LogP contribution >= 0.6 is 0 Å². The van der Waals surface area contributed by atoms with E-state index in [9.17, 15) is 4.79 Å². The van der Waals surface area contributed by atoms with E-state index < -0.39 is 11.9 Å². The van der Waals surface area contributed by atoms with Gasteiger partial charge < -0.3 is 20.8 Å². The molecule has 7 nitrogen and oxygen atoms in total. The van der Waals surface area contributed by atoms with E-state index in [2.05, 4.69) is 41.0 Å². The normalized spacial score (nSPS) is 12.8. The van der Waals surface area contributed by atoms with Crippen molar-refractivity contribution in [1.29, 1.82) is 0 Å². The van der Waals surface area contributed by atoms with Crippen molar-refractivity contribution in [3.8, 4) is 0 Å². The van der Waals surface area contributed by atoms with E-state index >= 15 is 0 Å². The van der Waals surface area contributed by atoms with Crippen LogP contribution in [0.1, 0.15) is 49.3 Å². The minimum absolute atomic E-state index is 0.0281. The second-order valence-electron chi connectivity index (χ2n) is 7.47. The average molecular weight is 439 g/mol. The molecule has 0 radical (unpaired) electrons. The van der Waals surface area contributed by atoms with Gasteiger partial charge in [-0.2, -0.15) is 0 Å². The predicted molar refractivity (Wildman–Crippen MR) is 122 cm³/mol. The Morgan fingerprint density at radius 2 is 1.41 bits per heavy atom. The first kappa shape index (κ1) is 24.8. The lowest BCUT2D eigenvalue weighted by molar-refractivity contribution is -0.159. The molecule has 0 aliphatic heterocycles. The summed E-state index contributed by atoms with van der Waals surface area (Å²) >= 11 is 0. The second-order valence-corrected chi connectivity index (χ2v) is 7.47. The van der Waals surface area contributed by atoms with Crippen molar-refractivity contribution in [2.75, 3.05) is 13.1 Å². The molecule has 1 aliphatic carbocycles. The molecule has 0 aromatic heterocycles. The number of aliphatic carboxylic acids is 2.